The summed E-state index contributed by atoms with van der Waals surface area (Å²) in [5.74, 6) is 0.340. The molecule has 0 aliphatic carbocycles. The minimum atomic E-state index is -0.819. The van der Waals surface area contributed by atoms with Crippen LogP contribution in [0.3, 0.4) is 0 Å². The van der Waals surface area contributed by atoms with Crippen molar-refractivity contribution < 1.29 is 14.7 Å². The Morgan fingerprint density at radius 1 is 1.26 bits per heavy atom. The van der Waals surface area contributed by atoms with Crippen LogP contribution in [0.15, 0.2) is 0 Å². The fourth-order valence-electron chi connectivity index (χ4n) is 1.81. The number of rotatable bonds is 3. The molecule has 0 saturated carbocycles. The Labute approximate surface area is 115 Å². The quantitative estimate of drug-likeness (QED) is 0.586. The lowest BCUT2D eigenvalue weighted by Crippen LogP contribution is -2.37. The Morgan fingerprint density at radius 2 is 1.79 bits per heavy atom. The highest BCUT2D eigenvalue weighted by Crippen LogP contribution is 2.21. The summed E-state index contributed by atoms with van der Waals surface area (Å²) in [7, 11) is 0. The summed E-state index contributed by atoms with van der Waals surface area (Å²) in [6.45, 7) is 10.0. The first-order chi connectivity index (χ1) is 8.76. The molecule has 0 N–H and O–H groups in total. The molecule has 19 heavy (non-hydrogen) atoms. The number of hydrogen-bond donors (Lipinski definition) is 0. The number of likely N-dealkylation sites (tertiary alicyclic amines) is 1. The predicted molar refractivity (Wildman–Crippen MR) is 73.1 cm³/mol. The van der Waals surface area contributed by atoms with Crippen LogP contribution < -0.4 is 0 Å². The number of hydrogen-bond acceptors (Lipinski definition) is 4. The van der Waals surface area contributed by atoms with Gasteiger partial charge in [0.1, 0.15) is 0 Å². The van der Waals surface area contributed by atoms with E-state index in [0.29, 0.717) is 12.3 Å². The first kappa shape index (κ1) is 17.7. The fraction of sp³-hybridized carbons (Fsp3) is 0.923. The molecule has 0 unspecified atom stereocenters. The summed E-state index contributed by atoms with van der Waals surface area (Å²) < 4.78 is 0. The van der Waals surface area contributed by atoms with Crippen LogP contribution in [0, 0.1) is 15.5 Å². The van der Waals surface area contributed by atoms with E-state index in [4.69, 9.17) is 0 Å². The van der Waals surface area contributed by atoms with Gasteiger partial charge in [0.25, 0.3) is 5.09 Å². The van der Waals surface area contributed by atoms with Crippen LogP contribution in [0.25, 0.3) is 0 Å². The van der Waals surface area contributed by atoms with Gasteiger partial charge < -0.3 is 9.74 Å². The van der Waals surface area contributed by atoms with Crippen molar-refractivity contribution >= 4 is 5.91 Å². The van der Waals surface area contributed by atoms with Gasteiger partial charge in [0.05, 0.1) is 6.61 Å². The van der Waals surface area contributed by atoms with Crippen molar-refractivity contribution in [3.8, 4) is 0 Å². The first-order valence-corrected chi connectivity index (χ1v) is 6.81. The SMILES string of the molecule is CC(C)(C)CC(=O)N1CCCCC1.CCO[N+](=O)[O-]. The molecule has 112 valence electrons. The molecule has 0 bridgehead atoms. The van der Waals surface area contributed by atoms with Crippen molar-refractivity contribution in [1.29, 1.82) is 0 Å². The van der Waals surface area contributed by atoms with E-state index >= 15 is 0 Å². The lowest BCUT2D eigenvalue weighted by Gasteiger charge is -2.29. The first-order valence-electron chi connectivity index (χ1n) is 6.81. The van der Waals surface area contributed by atoms with Crippen LogP contribution in [0.4, 0.5) is 0 Å². The van der Waals surface area contributed by atoms with Crippen molar-refractivity contribution in [3.05, 3.63) is 10.1 Å². The third-order valence-corrected chi connectivity index (χ3v) is 2.62. The van der Waals surface area contributed by atoms with Crippen LogP contribution in [-0.2, 0) is 9.63 Å². The van der Waals surface area contributed by atoms with Crippen LogP contribution in [0.5, 0.6) is 0 Å². The summed E-state index contributed by atoms with van der Waals surface area (Å²) >= 11 is 0. The predicted octanol–water partition coefficient (Wildman–Crippen LogP) is 2.65. The summed E-state index contributed by atoms with van der Waals surface area (Å²) in [4.78, 5) is 26.7. The maximum atomic E-state index is 11.7. The Balaban J connectivity index is 0.000000459. The zero-order valence-electron chi connectivity index (χ0n) is 12.5. The Kier molecular flexibility index (Phi) is 8.11. The van der Waals surface area contributed by atoms with E-state index in [1.807, 2.05) is 4.90 Å². The van der Waals surface area contributed by atoms with E-state index in [1.165, 1.54) is 19.3 Å². The Hall–Kier alpha value is -1.33. The molecular weight excluding hydrogens is 248 g/mol. The lowest BCUT2D eigenvalue weighted by atomic mass is 9.91. The van der Waals surface area contributed by atoms with Gasteiger partial charge in [-0.05, 0) is 31.6 Å². The molecule has 1 rings (SSSR count). The van der Waals surface area contributed by atoms with Crippen LogP contribution in [-0.4, -0.2) is 35.6 Å². The monoisotopic (exact) mass is 274 g/mol. The third kappa shape index (κ3) is 10.3. The van der Waals surface area contributed by atoms with Gasteiger partial charge in [-0.2, -0.15) is 0 Å². The molecule has 6 nitrogen and oxygen atoms in total. The topological polar surface area (TPSA) is 72.7 Å². The molecule has 1 amide bonds. The second-order valence-electron chi connectivity index (χ2n) is 5.82. The molecular formula is C13H26N2O4. The molecule has 0 radical (unpaired) electrons. The molecule has 0 spiro atoms. The average molecular weight is 274 g/mol. The molecule has 1 aliphatic heterocycles. The van der Waals surface area contributed by atoms with Crippen LogP contribution in [0.2, 0.25) is 0 Å². The highest BCUT2D eigenvalue weighted by atomic mass is 16.9. The van der Waals surface area contributed by atoms with Gasteiger partial charge >= 0.3 is 0 Å². The van der Waals surface area contributed by atoms with E-state index in [-0.39, 0.29) is 12.0 Å². The number of piperidine rings is 1. The number of amides is 1. The van der Waals surface area contributed by atoms with Gasteiger partial charge in [-0.15, -0.1) is 10.1 Å². The maximum absolute atomic E-state index is 11.7. The number of nitrogens with zero attached hydrogens (tertiary/aromatic N) is 2. The lowest BCUT2D eigenvalue weighted by molar-refractivity contribution is -0.756. The molecule has 0 aromatic rings. The van der Waals surface area contributed by atoms with Crippen molar-refractivity contribution in [3.63, 3.8) is 0 Å². The second-order valence-corrected chi connectivity index (χ2v) is 5.82. The van der Waals surface area contributed by atoms with E-state index in [1.54, 1.807) is 6.92 Å². The van der Waals surface area contributed by atoms with E-state index in [2.05, 4.69) is 25.6 Å². The second kappa shape index (κ2) is 8.72. The highest BCUT2D eigenvalue weighted by Gasteiger charge is 2.21. The van der Waals surface area contributed by atoms with Crippen molar-refractivity contribution in [1.82, 2.24) is 4.90 Å². The van der Waals surface area contributed by atoms with E-state index in [9.17, 15) is 14.9 Å². The number of carbonyl (C=O) groups excluding carboxylic acids is 1. The van der Waals surface area contributed by atoms with E-state index < -0.39 is 5.09 Å². The maximum Gasteiger partial charge on any atom is 0.294 e. The van der Waals surface area contributed by atoms with E-state index in [0.717, 1.165) is 13.1 Å². The summed E-state index contributed by atoms with van der Waals surface area (Å²) in [6.07, 6.45) is 4.36. The van der Waals surface area contributed by atoms with Gasteiger partial charge in [0, 0.05) is 19.5 Å². The smallest absolute Gasteiger partial charge is 0.294 e. The Morgan fingerprint density at radius 3 is 2.11 bits per heavy atom. The van der Waals surface area contributed by atoms with Crippen molar-refractivity contribution in [2.24, 2.45) is 5.41 Å². The third-order valence-electron chi connectivity index (χ3n) is 2.62. The summed E-state index contributed by atoms with van der Waals surface area (Å²) in [5.41, 5.74) is 0.133. The minimum Gasteiger partial charge on any atom is -0.343 e. The van der Waals surface area contributed by atoms with Gasteiger partial charge in [0.15, 0.2) is 0 Å². The number of carbonyl (C=O) groups is 1. The highest BCUT2D eigenvalue weighted by molar-refractivity contribution is 5.76. The largest absolute Gasteiger partial charge is 0.343 e. The van der Waals surface area contributed by atoms with Gasteiger partial charge in [0.2, 0.25) is 5.91 Å². The minimum absolute atomic E-state index is 0.132. The molecule has 1 saturated heterocycles. The van der Waals surface area contributed by atoms with Gasteiger partial charge in [-0.1, -0.05) is 20.8 Å². The summed E-state index contributed by atoms with van der Waals surface area (Å²) in [6, 6.07) is 0. The zero-order chi connectivity index (χ0) is 14.9. The fourth-order valence-corrected chi connectivity index (χ4v) is 1.81. The molecule has 1 heterocycles. The molecule has 1 aliphatic rings. The molecule has 0 aromatic heterocycles. The van der Waals surface area contributed by atoms with Gasteiger partial charge in [-0.3, -0.25) is 4.79 Å². The zero-order valence-corrected chi connectivity index (χ0v) is 12.5. The molecule has 1 fully saturated rings. The molecule has 0 atom stereocenters. The van der Waals surface area contributed by atoms with Gasteiger partial charge in [-0.25, -0.2) is 0 Å². The molecule has 6 heteroatoms. The van der Waals surface area contributed by atoms with Crippen LogP contribution >= 0.6 is 0 Å². The Bertz CT molecular complexity index is 281. The summed E-state index contributed by atoms with van der Waals surface area (Å²) in [5, 5.41) is 8.36. The van der Waals surface area contributed by atoms with Crippen LogP contribution in [0.1, 0.15) is 53.4 Å². The normalized spacial score (nSPS) is 15.3. The van der Waals surface area contributed by atoms with Crippen molar-refractivity contribution in [2.45, 2.75) is 53.4 Å². The molecule has 0 aromatic carbocycles. The van der Waals surface area contributed by atoms with Crippen molar-refractivity contribution in [2.75, 3.05) is 19.7 Å². The average Bonchev–Trinajstić information content (AvgIpc) is 2.28. The standard InChI is InChI=1S/C11H21NO.C2H5NO3/c1-11(2,3)9-10(13)12-7-5-4-6-8-12;1-2-6-3(4)5/h4-9H2,1-3H3;2H2,1H3.